The van der Waals surface area contributed by atoms with Gasteiger partial charge in [0.25, 0.3) is 5.24 Å². The molecule has 11 heteroatoms. The first kappa shape index (κ1) is 29.9. The number of amides is 2. The van der Waals surface area contributed by atoms with Crippen molar-refractivity contribution < 1.29 is 23.1 Å². The van der Waals surface area contributed by atoms with E-state index < -0.39 is 22.2 Å². The molecule has 39 heavy (non-hydrogen) atoms. The number of primary sulfonamides is 1. The second kappa shape index (κ2) is 13.4. The number of carbonyl (C=O) groups is 2. The first-order valence-corrected chi connectivity index (χ1v) is 14.9. The summed E-state index contributed by atoms with van der Waals surface area (Å²) in [5, 5.41) is 26.0. The number of nitrogens with one attached hydrogen (secondary N) is 2. The molecule has 0 saturated carbocycles. The lowest BCUT2D eigenvalue weighted by molar-refractivity contribution is 0.198. The van der Waals surface area contributed by atoms with Crippen molar-refractivity contribution in [3.8, 4) is 11.1 Å². The van der Waals surface area contributed by atoms with Gasteiger partial charge in [0, 0.05) is 22.9 Å². The quantitative estimate of drug-likeness (QED) is 0.182. The number of hydrogen-bond acceptors (Lipinski definition) is 6. The van der Waals surface area contributed by atoms with Crippen molar-refractivity contribution in [2.45, 2.75) is 44.0 Å². The maximum absolute atomic E-state index is 12.5. The van der Waals surface area contributed by atoms with E-state index in [9.17, 15) is 23.1 Å². The van der Waals surface area contributed by atoms with E-state index in [0.717, 1.165) is 23.7 Å². The lowest BCUT2D eigenvalue weighted by Crippen LogP contribution is -2.41. The molecule has 0 saturated heterocycles. The molecular formula is C28H32N4O5S2. The number of benzene rings is 3. The number of carboxylic acid groups (broad SMARTS) is 1. The zero-order chi connectivity index (χ0) is 28.6. The second-order valence-corrected chi connectivity index (χ2v) is 11.6. The van der Waals surface area contributed by atoms with E-state index in [1.807, 2.05) is 19.9 Å². The Balaban J connectivity index is 1.89. The second-order valence-electron chi connectivity index (χ2n) is 8.81. The Morgan fingerprint density at radius 2 is 1.74 bits per heavy atom. The van der Waals surface area contributed by atoms with Gasteiger partial charge in [-0.1, -0.05) is 80.6 Å². The van der Waals surface area contributed by atoms with Crippen LogP contribution in [0.4, 0.5) is 15.3 Å². The Hall–Kier alpha value is -3.67. The van der Waals surface area contributed by atoms with Crippen molar-refractivity contribution >= 4 is 44.6 Å². The summed E-state index contributed by atoms with van der Waals surface area (Å²) in [6.45, 7) is 3.83. The average Bonchev–Trinajstić information content (AvgIpc) is 2.89. The molecule has 0 radical (unpaired) electrons. The molecule has 0 heterocycles. The number of thioether (sulfide) groups is 1. The Morgan fingerprint density at radius 1 is 1.05 bits per heavy atom. The predicted molar refractivity (Wildman–Crippen MR) is 156 cm³/mol. The summed E-state index contributed by atoms with van der Waals surface area (Å²) in [6.07, 6.45) is 0.621. The van der Waals surface area contributed by atoms with E-state index in [1.54, 1.807) is 60.7 Å². The summed E-state index contributed by atoms with van der Waals surface area (Å²) in [7, 11) is -3.94. The Labute approximate surface area is 233 Å². The minimum atomic E-state index is -3.94. The Kier molecular flexibility index (Phi) is 10.3. The highest BCUT2D eigenvalue weighted by molar-refractivity contribution is 8.13. The van der Waals surface area contributed by atoms with Crippen LogP contribution in [0.1, 0.15) is 37.8 Å². The van der Waals surface area contributed by atoms with Crippen molar-refractivity contribution in [3.05, 3.63) is 83.9 Å². The molecule has 0 bridgehead atoms. The standard InChI is InChI=1S/C28H32N4O5S2/c1-3-8-23(18-19-9-7-10-21(17-19)26(29)31-27(33)38-4-2)32(28(34)35)22-15-13-20(14-16-22)24-11-5-6-12-25(24)39(30,36)37/h5-7,9-17,23H,3-4,8,18H2,1-2H3,(H,34,35)(H2,29,31,33)(H2,30,36,37). The number of nitrogens with two attached hydrogens (primary N) is 1. The normalized spacial score (nSPS) is 12.0. The number of carbonyl (C=O) groups excluding carboxylic acids is 1. The van der Waals surface area contributed by atoms with E-state index in [1.165, 1.54) is 11.0 Å². The first-order chi connectivity index (χ1) is 18.5. The van der Waals surface area contributed by atoms with Crippen LogP contribution in [0, 0.1) is 5.41 Å². The minimum absolute atomic E-state index is 0.00775. The van der Waals surface area contributed by atoms with E-state index >= 15 is 0 Å². The van der Waals surface area contributed by atoms with Crippen LogP contribution in [0.25, 0.3) is 11.1 Å². The van der Waals surface area contributed by atoms with Gasteiger partial charge in [-0.05, 0) is 54.0 Å². The molecule has 5 N–H and O–H groups in total. The molecule has 1 atom stereocenters. The number of sulfonamides is 1. The lowest BCUT2D eigenvalue weighted by atomic mass is 9.98. The van der Waals surface area contributed by atoms with Crippen molar-refractivity contribution in [2.24, 2.45) is 5.14 Å². The Bertz CT molecular complexity index is 1440. The van der Waals surface area contributed by atoms with Crippen molar-refractivity contribution in [2.75, 3.05) is 10.7 Å². The smallest absolute Gasteiger partial charge is 0.412 e. The van der Waals surface area contributed by atoms with Gasteiger partial charge in [0.2, 0.25) is 10.0 Å². The third kappa shape index (κ3) is 7.92. The highest BCUT2D eigenvalue weighted by atomic mass is 32.2. The van der Waals surface area contributed by atoms with Crippen LogP contribution < -0.4 is 15.4 Å². The van der Waals surface area contributed by atoms with Crippen LogP contribution >= 0.6 is 11.8 Å². The molecule has 0 aromatic heterocycles. The van der Waals surface area contributed by atoms with E-state index in [4.69, 9.17) is 10.5 Å². The van der Waals surface area contributed by atoms with Gasteiger partial charge in [-0.3, -0.25) is 15.1 Å². The molecule has 0 aliphatic rings. The van der Waals surface area contributed by atoms with Crippen LogP contribution in [-0.4, -0.2) is 42.5 Å². The molecule has 3 aromatic rings. The van der Waals surface area contributed by atoms with Gasteiger partial charge in [0.15, 0.2) is 0 Å². The maximum Gasteiger partial charge on any atom is 0.412 e. The summed E-state index contributed by atoms with van der Waals surface area (Å²) >= 11 is 1.08. The largest absolute Gasteiger partial charge is 0.465 e. The van der Waals surface area contributed by atoms with Crippen LogP contribution in [0.3, 0.4) is 0 Å². The number of nitrogens with zero attached hydrogens (tertiary/aromatic N) is 1. The topological polar surface area (TPSA) is 154 Å². The SMILES string of the molecule is CCCC(Cc1cccc(C(=N)NC(=O)SCC)c1)N(C(=O)O)c1ccc(-c2ccccc2S(N)(=O)=O)cc1. The fourth-order valence-corrected chi connectivity index (χ4v) is 5.55. The van der Waals surface area contributed by atoms with Crippen molar-refractivity contribution in [1.29, 1.82) is 5.41 Å². The molecule has 3 aromatic carbocycles. The van der Waals surface area contributed by atoms with Gasteiger partial charge in [-0.2, -0.15) is 0 Å². The summed E-state index contributed by atoms with van der Waals surface area (Å²) < 4.78 is 24.1. The monoisotopic (exact) mass is 568 g/mol. The molecule has 1 unspecified atom stereocenters. The van der Waals surface area contributed by atoms with Gasteiger partial charge in [-0.15, -0.1) is 0 Å². The molecule has 0 fully saturated rings. The fraction of sp³-hybridized carbons (Fsp3) is 0.250. The fourth-order valence-electron chi connectivity index (χ4n) is 4.36. The van der Waals surface area contributed by atoms with E-state index in [-0.39, 0.29) is 16.0 Å². The zero-order valence-corrected chi connectivity index (χ0v) is 23.4. The third-order valence-electron chi connectivity index (χ3n) is 6.03. The number of rotatable bonds is 10. The summed E-state index contributed by atoms with van der Waals surface area (Å²) in [4.78, 5) is 25.6. The molecule has 206 valence electrons. The summed E-state index contributed by atoms with van der Waals surface area (Å²) in [5.74, 6) is 0.586. The van der Waals surface area contributed by atoms with Gasteiger partial charge in [0.1, 0.15) is 5.84 Å². The number of anilines is 1. The molecule has 0 aliphatic carbocycles. The highest BCUT2D eigenvalue weighted by Crippen LogP contribution is 2.30. The van der Waals surface area contributed by atoms with Crippen LogP contribution in [0.5, 0.6) is 0 Å². The van der Waals surface area contributed by atoms with Gasteiger partial charge in [0.05, 0.1) is 4.90 Å². The number of amidine groups is 1. The predicted octanol–water partition coefficient (Wildman–Crippen LogP) is 5.68. The molecular weight excluding hydrogens is 536 g/mol. The average molecular weight is 569 g/mol. The zero-order valence-electron chi connectivity index (χ0n) is 21.8. The summed E-state index contributed by atoms with van der Waals surface area (Å²) in [5.41, 5.74) is 2.84. The van der Waals surface area contributed by atoms with E-state index in [2.05, 4.69) is 5.32 Å². The molecule has 2 amide bonds. The Morgan fingerprint density at radius 3 is 2.36 bits per heavy atom. The molecule has 9 nitrogen and oxygen atoms in total. The van der Waals surface area contributed by atoms with Crippen LogP contribution in [0.15, 0.2) is 77.7 Å². The lowest BCUT2D eigenvalue weighted by Gasteiger charge is -2.30. The number of hydrogen-bond donors (Lipinski definition) is 4. The molecule has 3 rings (SSSR count). The maximum atomic E-state index is 12.5. The molecule has 0 spiro atoms. The van der Waals surface area contributed by atoms with Crippen LogP contribution in [-0.2, 0) is 16.4 Å². The van der Waals surface area contributed by atoms with Gasteiger partial charge in [-0.25, -0.2) is 18.4 Å². The van der Waals surface area contributed by atoms with Crippen molar-refractivity contribution in [1.82, 2.24) is 5.32 Å². The van der Waals surface area contributed by atoms with Gasteiger partial charge >= 0.3 is 6.09 Å². The third-order valence-corrected chi connectivity index (χ3v) is 7.65. The minimum Gasteiger partial charge on any atom is -0.465 e. The molecule has 0 aliphatic heterocycles. The van der Waals surface area contributed by atoms with Crippen molar-refractivity contribution in [3.63, 3.8) is 0 Å². The van der Waals surface area contributed by atoms with Gasteiger partial charge < -0.3 is 10.4 Å². The van der Waals surface area contributed by atoms with Crippen LogP contribution in [0.2, 0.25) is 0 Å². The van der Waals surface area contributed by atoms with E-state index in [0.29, 0.717) is 41.0 Å². The summed E-state index contributed by atoms with van der Waals surface area (Å²) in [6, 6.07) is 19.8. The highest BCUT2D eigenvalue weighted by Gasteiger charge is 2.25. The first-order valence-electron chi connectivity index (χ1n) is 12.4.